The van der Waals surface area contributed by atoms with E-state index in [-0.39, 0.29) is 5.16 Å². The lowest BCUT2D eigenvalue weighted by Gasteiger charge is -1.97. The highest BCUT2D eigenvalue weighted by molar-refractivity contribution is 8.13. The van der Waals surface area contributed by atoms with Gasteiger partial charge in [-0.1, -0.05) is 6.92 Å². The van der Waals surface area contributed by atoms with Crippen LogP contribution in [0, 0.1) is 0 Å². The molecule has 12 heavy (non-hydrogen) atoms. The smallest absolute Gasteiger partial charge is 0.296 e. The number of rotatable bonds is 2. The first kappa shape index (κ1) is 9.47. The number of aryl methyl sites for hydroxylation is 1. The minimum atomic E-state index is -3.76. The van der Waals surface area contributed by atoms with E-state index in [1.807, 2.05) is 6.92 Å². The standard InChI is InChI=1S/C5H8ClN3O2S/c1-3-4-7-8-5(9(4)2)12(6,10)11/h3H2,1-2H3. The number of nitrogens with zero attached hydrogens (tertiary/aromatic N) is 3. The van der Waals surface area contributed by atoms with Gasteiger partial charge >= 0.3 is 0 Å². The van der Waals surface area contributed by atoms with Crippen LogP contribution in [0.15, 0.2) is 5.16 Å². The molecule has 1 rings (SSSR count). The fraction of sp³-hybridized carbons (Fsp3) is 0.600. The third kappa shape index (κ3) is 1.59. The van der Waals surface area contributed by atoms with Crippen LogP contribution in [0.1, 0.15) is 12.7 Å². The van der Waals surface area contributed by atoms with Crippen LogP contribution in [0.4, 0.5) is 0 Å². The van der Waals surface area contributed by atoms with Crippen molar-refractivity contribution in [3.63, 3.8) is 0 Å². The molecule has 1 aromatic rings. The fourth-order valence-electron chi connectivity index (χ4n) is 0.865. The van der Waals surface area contributed by atoms with E-state index < -0.39 is 9.05 Å². The molecule has 7 heteroatoms. The summed E-state index contributed by atoms with van der Waals surface area (Å²) >= 11 is 0. The summed E-state index contributed by atoms with van der Waals surface area (Å²) in [6.07, 6.45) is 0.621. The molecule has 0 N–H and O–H groups in total. The number of hydrogen-bond donors (Lipinski definition) is 0. The molecule has 0 aliphatic rings. The number of halogens is 1. The molecule has 0 unspecified atom stereocenters. The van der Waals surface area contributed by atoms with Crippen LogP contribution in [0.2, 0.25) is 0 Å². The van der Waals surface area contributed by atoms with E-state index in [4.69, 9.17) is 10.7 Å². The maximum atomic E-state index is 10.8. The molecule has 68 valence electrons. The van der Waals surface area contributed by atoms with Gasteiger partial charge in [-0.2, -0.15) is 0 Å². The summed E-state index contributed by atoms with van der Waals surface area (Å²) in [4.78, 5) is 0. The Morgan fingerprint density at radius 1 is 1.50 bits per heavy atom. The van der Waals surface area contributed by atoms with Gasteiger partial charge in [0.05, 0.1) is 0 Å². The number of aromatic nitrogens is 3. The van der Waals surface area contributed by atoms with Crippen molar-refractivity contribution in [3.05, 3.63) is 5.82 Å². The summed E-state index contributed by atoms with van der Waals surface area (Å²) in [6, 6.07) is 0. The van der Waals surface area contributed by atoms with Crippen LogP contribution < -0.4 is 0 Å². The lowest BCUT2D eigenvalue weighted by molar-refractivity contribution is 0.590. The Morgan fingerprint density at radius 2 is 2.08 bits per heavy atom. The van der Waals surface area contributed by atoms with Crippen molar-refractivity contribution in [2.24, 2.45) is 7.05 Å². The number of hydrogen-bond acceptors (Lipinski definition) is 4. The van der Waals surface area contributed by atoms with Crippen LogP contribution in [-0.4, -0.2) is 23.2 Å². The molecular weight excluding hydrogens is 202 g/mol. The van der Waals surface area contributed by atoms with E-state index in [1.165, 1.54) is 4.57 Å². The van der Waals surface area contributed by atoms with Gasteiger partial charge in [0.15, 0.2) is 0 Å². The maximum Gasteiger partial charge on any atom is 0.296 e. The third-order valence-electron chi connectivity index (χ3n) is 1.46. The second kappa shape index (κ2) is 3.02. The first-order valence-electron chi connectivity index (χ1n) is 3.29. The van der Waals surface area contributed by atoms with Gasteiger partial charge in [-0.05, 0) is 0 Å². The lowest BCUT2D eigenvalue weighted by atomic mass is 10.5. The van der Waals surface area contributed by atoms with E-state index >= 15 is 0 Å². The van der Waals surface area contributed by atoms with E-state index in [0.29, 0.717) is 12.2 Å². The molecule has 1 aromatic heterocycles. The molecule has 0 amide bonds. The monoisotopic (exact) mass is 209 g/mol. The molecule has 0 aromatic carbocycles. The zero-order chi connectivity index (χ0) is 9.35. The zero-order valence-electron chi connectivity index (χ0n) is 6.65. The predicted molar refractivity (Wildman–Crippen MR) is 43.4 cm³/mol. The molecule has 0 aliphatic carbocycles. The summed E-state index contributed by atoms with van der Waals surface area (Å²) in [6.45, 7) is 1.86. The molecule has 5 nitrogen and oxygen atoms in total. The molecule has 1 heterocycles. The quantitative estimate of drug-likeness (QED) is 0.658. The van der Waals surface area contributed by atoms with Gasteiger partial charge < -0.3 is 4.57 Å². The Kier molecular flexibility index (Phi) is 2.39. The van der Waals surface area contributed by atoms with Gasteiger partial charge in [0.2, 0.25) is 0 Å². The van der Waals surface area contributed by atoms with Gasteiger partial charge in [-0.15, -0.1) is 10.2 Å². The Balaban J connectivity index is 3.30. The van der Waals surface area contributed by atoms with Crippen molar-refractivity contribution in [3.8, 4) is 0 Å². The highest BCUT2D eigenvalue weighted by Crippen LogP contribution is 2.11. The molecule has 0 radical (unpaired) electrons. The summed E-state index contributed by atoms with van der Waals surface area (Å²) in [7, 11) is 2.89. The van der Waals surface area contributed by atoms with Gasteiger partial charge in [0.1, 0.15) is 5.82 Å². The molecule has 0 bridgehead atoms. The third-order valence-corrected chi connectivity index (χ3v) is 2.67. The first-order valence-corrected chi connectivity index (χ1v) is 5.60. The Bertz CT molecular complexity index is 383. The molecule has 0 aliphatic heterocycles. The Labute approximate surface area is 74.8 Å². The summed E-state index contributed by atoms with van der Waals surface area (Å²) < 4.78 is 23.0. The summed E-state index contributed by atoms with van der Waals surface area (Å²) in [5, 5.41) is 6.89. The molecular formula is C5H8ClN3O2S. The minimum absolute atomic E-state index is 0.207. The largest absolute Gasteiger partial charge is 0.304 e. The predicted octanol–water partition coefficient (Wildman–Crippen LogP) is 0.305. The normalized spacial score (nSPS) is 11.9. The van der Waals surface area contributed by atoms with Crippen LogP contribution in [0.5, 0.6) is 0 Å². The van der Waals surface area contributed by atoms with Gasteiger partial charge in [0.25, 0.3) is 14.2 Å². The molecule has 0 atom stereocenters. The van der Waals surface area contributed by atoms with Crippen molar-refractivity contribution in [2.75, 3.05) is 0 Å². The molecule has 0 fully saturated rings. The van der Waals surface area contributed by atoms with Crippen molar-refractivity contribution in [1.82, 2.24) is 14.8 Å². The zero-order valence-corrected chi connectivity index (χ0v) is 8.22. The van der Waals surface area contributed by atoms with Crippen LogP contribution in [0.3, 0.4) is 0 Å². The van der Waals surface area contributed by atoms with Crippen LogP contribution >= 0.6 is 10.7 Å². The summed E-state index contributed by atoms with van der Waals surface area (Å²) in [5.41, 5.74) is 0. The van der Waals surface area contributed by atoms with E-state index in [0.717, 1.165) is 0 Å². The molecule has 0 saturated heterocycles. The first-order chi connectivity index (χ1) is 5.46. The lowest BCUT2D eigenvalue weighted by Crippen LogP contribution is -2.03. The SMILES string of the molecule is CCc1nnc(S(=O)(=O)Cl)n1C. The van der Waals surface area contributed by atoms with Crippen molar-refractivity contribution >= 4 is 19.7 Å². The second-order valence-corrected chi connectivity index (χ2v) is 4.71. The van der Waals surface area contributed by atoms with Crippen LogP contribution in [-0.2, 0) is 22.5 Å². The average molecular weight is 210 g/mol. The topological polar surface area (TPSA) is 64.8 Å². The van der Waals surface area contributed by atoms with E-state index in [9.17, 15) is 8.42 Å². The highest BCUT2D eigenvalue weighted by atomic mass is 35.7. The molecule has 0 spiro atoms. The van der Waals surface area contributed by atoms with E-state index in [2.05, 4.69) is 10.2 Å². The highest BCUT2D eigenvalue weighted by Gasteiger charge is 2.18. The van der Waals surface area contributed by atoms with E-state index in [1.54, 1.807) is 7.05 Å². The fourth-order valence-corrected chi connectivity index (χ4v) is 1.84. The average Bonchev–Trinajstić information content (AvgIpc) is 2.29. The van der Waals surface area contributed by atoms with Gasteiger partial charge in [-0.25, -0.2) is 8.42 Å². The Hall–Kier alpha value is -0.620. The van der Waals surface area contributed by atoms with Crippen LogP contribution in [0.25, 0.3) is 0 Å². The summed E-state index contributed by atoms with van der Waals surface area (Å²) in [5.74, 6) is 0.592. The molecule has 0 saturated carbocycles. The van der Waals surface area contributed by atoms with Crippen molar-refractivity contribution < 1.29 is 8.42 Å². The maximum absolute atomic E-state index is 10.8. The van der Waals surface area contributed by atoms with Gasteiger partial charge in [0, 0.05) is 24.2 Å². The van der Waals surface area contributed by atoms with Crippen molar-refractivity contribution in [2.45, 2.75) is 18.5 Å². The van der Waals surface area contributed by atoms with Gasteiger partial charge in [-0.3, -0.25) is 0 Å². The second-order valence-electron chi connectivity index (χ2n) is 2.25. The van der Waals surface area contributed by atoms with Crippen molar-refractivity contribution in [1.29, 1.82) is 0 Å². The Morgan fingerprint density at radius 3 is 2.33 bits per heavy atom. The minimum Gasteiger partial charge on any atom is -0.304 e.